The fraction of sp³-hybridized carbons (Fsp3) is 0.400. The summed E-state index contributed by atoms with van der Waals surface area (Å²) in [6, 6.07) is 7.78. The van der Waals surface area contributed by atoms with Crippen LogP contribution in [-0.4, -0.2) is 28.9 Å². The minimum absolute atomic E-state index is 0.0937. The number of aryl methyl sites for hydroxylation is 1. The van der Waals surface area contributed by atoms with Gasteiger partial charge in [-0.2, -0.15) is 0 Å². The van der Waals surface area contributed by atoms with Gasteiger partial charge in [-0.15, -0.1) is 11.3 Å². The topological polar surface area (TPSA) is 42.4 Å². The number of likely N-dealkylation sites (tertiary alicyclic amines) is 1. The zero-order chi connectivity index (χ0) is 17.6. The van der Waals surface area contributed by atoms with Crippen molar-refractivity contribution < 1.29 is 9.53 Å². The van der Waals surface area contributed by atoms with Gasteiger partial charge in [0.2, 0.25) is 5.91 Å². The van der Waals surface area contributed by atoms with Gasteiger partial charge in [-0.1, -0.05) is 19.1 Å². The Morgan fingerprint density at radius 1 is 1.40 bits per heavy atom. The van der Waals surface area contributed by atoms with Crippen LogP contribution in [0.25, 0.3) is 6.08 Å². The molecule has 1 fully saturated rings. The molecular formula is C20H24N2O2S. The van der Waals surface area contributed by atoms with E-state index in [4.69, 9.17) is 4.74 Å². The zero-order valence-electron chi connectivity index (χ0n) is 14.8. The molecule has 2 aromatic rings. The van der Waals surface area contributed by atoms with Crippen LogP contribution >= 0.6 is 11.3 Å². The molecule has 0 unspecified atom stereocenters. The molecule has 1 aromatic heterocycles. The van der Waals surface area contributed by atoms with Crippen molar-refractivity contribution in [2.45, 2.75) is 33.3 Å². The first-order valence-corrected chi connectivity index (χ1v) is 9.59. The predicted octanol–water partition coefficient (Wildman–Crippen LogP) is 4.30. The van der Waals surface area contributed by atoms with Gasteiger partial charge in [0.1, 0.15) is 12.4 Å². The number of hydrogen-bond donors (Lipinski definition) is 0. The summed E-state index contributed by atoms with van der Waals surface area (Å²) in [5.41, 5.74) is 1.91. The van der Waals surface area contributed by atoms with Gasteiger partial charge in [0.15, 0.2) is 0 Å². The van der Waals surface area contributed by atoms with Crippen LogP contribution in [0.15, 0.2) is 35.7 Å². The van der Waals surface area contributed by atoms with Gasteiger partial charge in [-0.25, -0.2) is 4.98 Å². The van der Waals surface area contributed by atoms with E-state index in [0.29, 0.717) is 6.61 Å². The van der Waals surface area contributed by atoms with Gasteiger partial charge in [-0.05, 0) is 49.5 Å². The number of rotatable bonds is 5. The fourth-order valence-electron chi connectivity index (χ4n) is 2.84. The van der Waals surface area contributed by atoms with Crippen molar-refractivity contribution in [3.8, 4) is 5.75 Å². The van der Waals surface area contributed by atoms with Gasteiger partial charge in [0, 0.05) is 24.5 Å². The maximum Gasteiger partial charge on any atom is 0.246 e. The lowest BCUT2D eigenvalue weighted by Gasteiger charge is -2.29. The molecule has 0 bridgehead atoms. The number of carbonyl (C=O) groups is 1. The van der Waals surface area contributed by atoms with E-state index in [1.807, 2.05) is 47.5 Å². The molecule has 3 rings (SSSR count). The first-order chi connectivity index (χ1) is 12.1. The van der Waals surface area contributed by atoms with Crippen molar-refractivity contribution in [1.82, 2.24) is 9.88 Å². The third kappa shape index (κ3) is 5.16. The Balaban J connectivity index is 1.56. The predicted molar refractivity (Wildman–Crippen MR) is 102 cm³/mol. The molecule has 0 radical (unpaired) electrons. The molecule has 1 aromatic carbocycles. The number of nitrogens with zero attached hydrogens (tertiary/aromatic N) is 2. The summed E-state index contributed by atoms with van der Waals surface area (Å²) in [7, 11) is 0. The largest absolute Gasteiger partial charge is 0.487 e. The summed E-state index contributed by atoms with van der Waals surface area (Å²) in [5, 5.41) is 3.05. The third-order valence-corrected chi connectivity index (χ3v) is 5.25. The molecule has 2 heterocycles. The summed E-state index contributed by atoms with van der Waals surface area (Å²) in [4.78, 5) is 18.6. The van der Waals surface area contributed by atoms with Crippen molar-refractivity contribution >= 4 is 23.3 Å². The second-order valence-electron chi connectivity index (χ2n) is 6.56. The molecule has 4 nitrogen and oxygen atoms in total. The van der Waals surface area contributed by atoms with Crippen LogP contribution in [0.4, 0.5) is 0 Å². The Hall–Kier alpha value is -2.14. The number of amides is 1. The van der Waals surface area contributed by atoms with Gasteiger partial charge in [-0.3, -0.25) is 4.79 Å². The Morgan fingerprint density at radius 2 is 2.20 bits per heavy atom. The van der Waals surface area contributed by atoms with E-state index in [2.05, 4.69) is 11.9 Å². The molecule has 5 heteroatoms. The lowest BCUT2D eigenvalue weighted by molar-refractivity contribution is -0.127. The average molecular weight is 356 g/mol. The van der Waals surface area contributed by atoms with E-state index < -0.39 is 0 Å². The second-order valence-corrected chi connectivity index (χ2v) is 7.62. The molecule has 1 aliphatic heterocycles. The molecule has 1 saturated heterocycles. The van der Waals surface area contributed by atoms with Crippen molar-refractivity contribution in [3.05, 3.63) is 52.0 Å². The van der Waals surface area contributed by atoms with E-state index in [1.54, 1.807) is 17.4 Å². The molecule has 25 heavy (non-hydrogen) atoms. The highest BCUT2D eigenvalue weighted by Gasteiger charge is 2.18. The number of carbonyl (C=O) groups excluding carboxylic acids is 1. The maximum atomic E-state index is 12.3. The molecule has 1 amide bonds. The van der Waals surface area contributed by atoms with E-state index in [1.165, 1.54) is 0 Å². The van der Waals surface area contributed by atoms with E-state index in [9.17, 15) is 4.79 Å². The molecule has 1 aliphatic rings. The highest BCUT2D eigenvalue weighted by Crippen LogP contribution is 2.19. The van der Waals surface area contributed by atoms with Crippen LogP contribution in [0, 0.1) is 12.8 Å². The minimum Gasteiger partial charge on any atom is -0.487 e. The summed E-state index contributed by atoms with van der Waals surface area (Å²) in [6.07, 6.45) is 5.72. The zero-order valence-corrected chi connectivity index (χ0v) is 15.6. The fourth-order valence-corrected chi connectivity index (χ4v) is 3.44. The molecule has 0 N–H and O–H groups in total. The highest BCUT2D eigenvalue weighted by molar-refractivity contribution is 7.09. The highest BCUT2D eigenvalue weighted by atomic mass is 32.1. The standard InChI is InChI=1S/C20H24N2O2S/c1-15-8-10-22(11-9-15)20(23)7-6-17-4-3-5-19(12-17)24-13-18-14-25-16(2)21-18/h3-7,12,14-15H,8-11,13H2,1-2H3/b7-6+. The molecule has 0 spiro atoms. The Kier molecular flexibility index (Phi) is 5.87. The molecule has 0 saturated carbocycles. The molecule has 0 aliphatic carbocycles. The van der Waals surface area contributed by atoms with Gasteiger partial charge < -0.3 is 9.64 Å². The lowest BCUT2D eigenvalue weighted by Crippen LogP contribution is -2.36. The first kappa shape index (κ1) is 17.7. The number of hydrogen-bond acceptors (Lipinski definition) is 4. The van der Waals surface area contributed by atoms with Crippen LogP contribution < -0.4 is 4.74 Å². The number of benzene rings is 1. The molecule has 132 valence electrons. The second kappa shape index (κ2) is 8.30. The number of piperidine rings is 1. The lowest BCUT2D eigenvalue weighted by atomic mass is 9.99. The molecule has 0 atom stereocenters. The summed E-state index contributed by atoms with van der Waals surface area (Å²) in [6.45, 7) is 6.42. The van der Waals surface area contributed by atoms with Gasteiger partial charge in [0.25, 0.3) is 0 Å². The van der Waals surface area contributed by atoms with E-state index in [-0.39, 0.29) is 5.91 Å². The monoisotopic (exact) mass is 356 g/mol. The van der Waals surface area contributed by atoms with Crippen molar-refractivity contribution in [2.75, 3.05) is 13.1 Å². The van der Waals surface area contributed by atoms with Crippen molar-refractivity contribution in [3.63, 3.8) is 0 Å². The van der Waals surface area contributed by atoms with Crippen LogP contribution in [0.2, 0.25) is 0 Å². The summed E-state index contributed by atoms with van der Waals surface area (Å²) >= 11 is 1.62. The average Bonchev–Trinajstić information content (AvgIpc) is 3.04. The third-order valence-electron chi connectivity index (χ3n) is 4.43. The van der Waals surface area contributed by atoms with Crippen LogP contribution in [-0.2, 0) is 11.4 Å². The summed E-state index contributed by atoms with van der Waals surface area (Å²) in [5.74, 6) is 1.60. The smallest absolute Gasteiger partial charge is 0.246 e. The van der Waals surface area contributed by atoms with Gasteiger partial charge in [0.05, 0.1) is 10.7 Å². The number of ether oxygens (including phenoxy) is 1. The number of thiazole rings is 1. The Bertz CT molecular complexity index is 746. The van der Waals surface area contributed by atoms with Crippen molar-refractivity contribution in [1.29, 1.82) is 0 Å². The van der Waals surface area contributed by atoms with Crippen molar-refractivity contribution in [2.24, 2.45) is 5.92 Å². The van der Waals surface area contributed by atoms with E-state index in [0.717, 1.165) is 53.9 Å². The quantitative estimate of drug-likeness (QED) is 0.750. The van der Waals surface area contributed by atoms with Gasteiger partial charge >= 0.3 is 0 Å². The minimum atomic E-state index is 0.0937. The SMILES string of the molecule is Cc1nc(COc2cccc(/C=C/C(=O)N3CCC(C)CC3)c2)cs1. The first-order valence-electron chi connectivity index (χ1n) is 8.71. The number of aromatic nitrogens is 1. The van der Waals surface area contributed by atoms with E-state index >= 15 is 0 Å². The Labute approximate surface area is 153 Å². The normalized spacial score (nSPS) is 15.7. The van der Waals surface area contributed by atoms with Crippen LogP contribution in [0.3, 0.4) is 0 Å². The molecular weight excluding hydrogens is 332 g/mol. The van der Waals surface area contributed by atoms with Crippen LogP contribution in [0.1, 0.15) is 36.0 Å². The maximum absolute atomic E-state index is 12.3. The summed E-state index contributed by atoms with van der Waals surface area (Å²) < 4.78 is 5.80. The Morgan fingerprint density at radius 3 is 2.92 bits per heavy atom. The van der Waals surface area contributed by atoms with Crippen LogP contribution in [0.5, 0.6) is 5.75 Å².